The number of aromatic amines is 1. The largest absolute Gasteiger partial charge is 0.710 e. The number of nitrogens with one attached hydrogen (secondary N) is 1. The Morgan fingerprint density at radius 2 is 1.92 bits per heavy atom. The molecule has 0 atom stereocenters. The molecule has 0 unspecified atom stereocenters. The van der Waals surface area contributed by atoms with Gasteiger partial charge in [-0.2, -0.15) is 0 Å². The second-order valence-electron chi connectivity index (χ2n) is 9.06. The summed E-state index contributed by atoms with van der Waals surface area (Å²) < 4.78 is 23.3. The standard InChI is InChI=1S/C27H21N3O4S2.Lr/c31-25(28-19-11-12-36(33,34)15-19)21-13-18-9-10-20(16-7-4-8-16)23(24(18)30-26(21)32)22-14-35-27(29-22)17-5-2-1-3-6-17;/h1-3,5-6,9-14,16H,4,7-8,15H2,(H-,28,30,31,32);/q-2;. The first-order chi connectivity index (χ1) is 17.4. The zero-order valence-corrected chi connectivity index (χ0v) is 23.1. The average Bonchev–Trinajstić information content (AvgIpc) is 3.44. The van der Waals surface area contributed by atoms with Gasteiger partial charge in [-0.25, -0.2) is 19.5 Å². The molecule has 6 rings (SSSR count). The average molecular weight is 778 g/mol. The van der Waals surface area contributed by atoms with Crippen LogP contribution in [0.15, 0.2) is 70.2 Å². The number of aromatic nitrogens is 2. The fourth-order valence-corrected chi connectivity index (χ4v) is 6.48. The fourth-order valence-electron chi connectivity index (χ4n) is 4.63. The van der Waals surface area contributed by atoms with Crippen LogP contribution < -0.4 is 5.56 Å². The van der Waals surface area contributed by atoms with E-state index in [1.54, 1.807) is 11.3 Å². The minimum Gasteiger partial charge on any atom is -0.710 e. The Bertz CT molecular complexity index is 1690. The predicted octanol–water partition coefficient (Wildman–Crippen LogP) is 5.57. The SMILES string of the molecule is O=C([N-][C-]1C=CS(=O)(=O)C1)c1cc2ccc(C3CCC3)c(-c3csc(-c4ccccc4)n3)c2[nH]c1=O.[Lr]. The molecule has 0 bridgehead atoms. The van der Waals surface area contributed by atoms with Gasteiger partial charge in [-0.05, 0) is 41.5 Å². The summed E-state index contributed by atoms with van der Waals surface area (Å²) in [5.41, 5.74) is 3.82. The number of hydrogen-bond acceptors (Lipinski definition) is 6. The number of fused-ring (bicyclic) bond motifs is 1. The maximum atomic E-state index is 13.1. The Labute approximate surface area is 211 Å². The second-order valence-corrected chi connectivity index (χ2v) is 11.8. The summed E-state index contributed by atoms with van der Waals surface area (Å²) in [5, 5.41) is 8.50. The summed E-state index contributed by atoms with van der Waals surface area (Å²) in [6, 6.07) is 15.6. The first-order valence-electron chi connectivity index (χ1n) is 11.6. The smallest absolute Gasteiger partial charge is 0.257 e. The van der Waals surface area contributed by atoms with Crippen LogP contribution in [0.1, 0.15) is 41.1 Å². The van der Waals surface area contributed by atoms with E-state index in [1.807, 2.05) is 41.8 Å². The van der Waals surface area contributed by atoms with E-state index in [1.165, 1.54) is 18.6 Å². The van der Waals surface area contributed by atoms with E-state index in [0.717, 1.165) is 45.6 Å². The maximum Gasteiger partial charge on any atom is 0.257 e. The third-order valence-electron chi connectivity index (χ3n) is 6.67. The van der Waals surface area contributed by atoms with Gasteiger partial charge in [0.15, 0.2) is 0 Å². The van der Waals surface area contributed by atoms with Crippen molar-refractivity contribution in [1.82, 2.24) is 9.97 Å². The predicted molar refractivity (Wildman–Crippen MR) is 142 cm³/mol. The Morgan fingerprint density at radius 1 is 1.14 bits per heavy atom. The number of rotatable bonds is 5. The molecule has 3 heterocycles. The van der Waals surface area contributed by atoms with E-state index in [9.17, 15) is 18.0 Å². The van der Waals surface area contributed by atoms with Crippen LogP contribution in [-0.2, 0) is 9.84 Å². The summed E-state index contributed by atoms with van der Waals surface area (Å²) >= 11 is 1.55. The van der Waals surface area contributed by atoms with Crippen LogP contribution in [0.4, 0.5) is 0 Å². The molecule has 1 amide bonds. The zero-order chi connectivity index (χ0) is 24.9. The Morgan fingerprint density at radius 3 is 2.59 bits per heavy atom. The van der Waals surface area contributed by atoms with E-state index >= 15 is 0 Å². The number of pyridine rings is 1. The van der Waals surface area contributed by atoms with Crippen molar-refractivity contribution in [2.45, 2.75) is 25.2 Å². The first kappa shape index (κ1) is 24.0. The molecule has 1 aliphatic heterocycles. The first-order valence-corrected chi connectivity index (χ1v) is 14.2. The quantitative estimate of drug-likeness (QED) is 0.267. The number of carbonyl (C=O) groups excluding carboxylic acids is 1. The van der Waals surface area contributed by atoms with Crippen LogP contribution in [0, 0.1) is 6.04 Å². The normalized spacial score (nSPS) is 16.4. The van der Waals surface area contributed by atoms with Crippen molar-refractivity contribution < 1.29 is 13.2 Å². The van der Waals surface area contributed by atoms with Crippen LogP contribution in [0.2, 0.25) is 0 Å². The third-order valence-corrected chi connectivity index (χ3v) is 8.81. The summed E-state index contributed by atoms with van der Waals surface area (Å²) in [7, 11) is -3.39. The summed E-state index contributed by atoms with van der Waals surface area (Å²) in [4.78, 5) is 33.7. The number of hydrogen-bond donors (Lipinski definition) is 1. The summed E-state index contributed by atoms with van der Waals surface area (Å²) in [5.74, 6) is -0.703. The van der Waals surface area contributed by atoms with Gasteiger partial charge in [0.25, 0.3) is 5.56 Å². The molecule has 10 heteroatoms. The summed E-state index contributed by atoms with van der Waals surface area (Å²) in [6.07, 6.45) is 4.63. The van der Waals surface area contributed by atoms with Gasteiger partial charge in [0, 0.05) is 16.5 Å². The van der Waals surface area contributed by atoms with Crippen LogP contribution >= 0.6 is 11.3 Å². The second kappa shape index (κ2) is 9.07. The number of sulfone groups is 1. The van der Waals surface area contributed by atoms with Gasteiger partial charge in [0.2, 0.25) is 0 Å². The van der Waals surface area contributed by atoms with Gasteiger partial charge in [-0.1, -0.05) is 48.9 Å². The van der Waals surface area contributed by atoms with Crippen molar-refractivity contribution in [2.24, 2.45) is 0 Å². The maximum absolute atomic E-state index is 13.1. The van der Waals surface area contributed by atoms with Gasteiger partial charge in [-0.15, -0.1) is 16.7 Å². The van der Waals surface area contributed by atoms with Crippen molar-refractivity contribution in [2.75, 3.05) is 5.75 Å². The van der Waals surface area contributed by atoms with Crippen molar-refractivity contribution in [3.8, 4) is 21.8 Å². The van der Waals surface area contributed by atoms with Gasteiger partial charge in [-0.3, -0.25) is 4.79 Å². The monoisotopic (exact) mass is 777 g/mol. The Kier molecular flexibility index (Phi) is 5.89. The number of benzene rings is 2. The fraction of sp³-hybridized carbons (Fsp3) is 0.185. The molecule has 37 heavy (non-hydrogen) atoms. The van der Waals surface area contributed by atoms with Crippen LogP contribution in [0.5, 0.6) is 0 Å². The van der Waals surface area contributed by atoms with Crippen molar-refractivity contribution in [1.29, 1.82) is 0 Å². The van der Waals surface area contributed by atoms with Gasteiger partial charge in [0.1, 0.15) is 5.01 Å². The Hall–Kier alpha value is -4.69. The molecule has 1 aliphatic carbocycles. The molecule has 197 valence electrons. The van der Waals surface area contributed by atoms with E-state index < -0.39 is 21.3 Å². The number of thiazole rings is 1. The molecule has 1 radical (unpaired) electrons. The Balaban J connectivity index is 0.00000280. The molecule has 1 fully saturated rings. The zero-order valence-electron chi connectivity index (χ0n) is 19.4. The molecular weight excluding hydrogens is 756 g/mol. The van der Waals surface area contributed by atoms with E-state index in [-0.39, 0.29) is 17.4 Å². The van der Waals surface area contributed by atoms with Gasteiger partial charge in [0.05, 0.1) is 32.5 Å². The molecule has 0 saturated heterocycles. The van der Waals surface area contributed by atoms with Crippen molar-refractivity contribution in [3.63, 3.8) is 0 Å². The summed E-state index contributed by atoms with van der Waals surface area (Å²) in [6.45, 7) is 0. The molecule has 1 N–H and O–H groups in total. The molecule has 0 spiro atoms. The number of nitrogens with zero attached hydrogens (tertiary/aromatic N) is 2. The molecule has 1 saturated carbocycles. The van der Waals surface area contributed by atoms with Crippen LogP contribution in [0.3, 0.4) is 0 Å². The molecule has 7 nitrogen and oxygen atoms in total. The molecule has 2 aliphatic rings. The topological polar surface area (TPSA) is 111 Å². The third kappa shape index (κ3) is 4.39. The van der Waals surface area contributed by atoms with E-state index in [0.29, 0.717) is 16.8 Å². The molecular formula is C27H21LrN3O4S2-2. The molecule has 2 aromatic heterocycles. The van der Waals surface area contributed by atoms with Crippen LogP contribution in [0.25, 0.3) is 38.0 Å². The van der Waals surface area contributed by atoms with Gasteiger partial charge < -0.3 is 21.1 Å². The number of amides is 1. The number of H-pyrrole nitrogens is 1. The minimum absolute atomic E-state index is 0. The van der Waals surface area contributed by atoms with E-state index in [4.69, 9.17) is 4.98 Å². The van der Waals surface area contributed by atoms with Crippen molar-refractivity contribution >= 4 is 38.0 Å². The van der Waals surface area contributed by atoms with Crippen molar-refractivity contribution in [3.05, 3.63) is 98.2 Å². The molecule has 2 aromatic carbocycles. The van der Waals surface area contributed by atoms with Gasteiger partial charge >= 0.3 is 0 Å². The minimum atomic E-state index is -3.39. The van der Waals surface area contributed by atoms with E-state index in [2.05, 4.69) is 16.4 Å². The number of carbonyl (C=O) groups is 1. The van der Waals surface area contributed by atoms with Crippen LogP contribution in [-0.4, -0.2) is 30.0 Å². The molecule has 4 aromatic rings.